The number of carboxylic acid groups (broad SMARTS) is 1. The van der Waals surface area contributed by atoms with Crippen molar-refractivity contribution in [2.45, 2.75) is 145 Å². The fourth-order valence-electron chi connectivity index (χ4n) is 13.9. The molecular weight excluding hydrogens is 698 g/mol. The highest BCUT2D eigenvalue weighted by molar-refractivity contribution is 6.02. The Morgan fingerprint density at radius 3 is 2.29 bits per heavy atom. The molecule has 0 bridgehead atoms. The monoisotopic (exact) mass is 759 g/mol. The summed E-state index contributed by atoms with van der Waals surface area (Å²) in [7, 11) is 1.88. The number of hydrogen-bond acceptors (Lipinski definition) is 6. The second kappa shape index (κ2) is 12.7. The minimum absolute atomic E-state index is 0.00987. The summed E-state index contributed by atoms with van der Waals surface area (Å²) in [5.41, 5.74) is 1.37. The van der Waals surface area contributed by atoms with Crippen LogP contribution in [-0.4, -0.2) is 43.3 Å². The van der Waals surface area contributed by atoms with E-state index in [1.807, 2.05) is 18.7 Å². The van der Waals surface area contributed by atoms with Crippen LogP contribution in [0.4, 0.5) is 4.39 Å². The zero-order chi connectivity index (χ0) is 40.4. The highest BCUT2D eigenvalue weighted by Crippen LogP contribution is 2.77. The van der Waals surface area contributed by atoms with Crippen LogP contribution in [0.15, 0.2) is 34.3 Å². The minimum atomic E-state index is -1.19. The molecule has 55 heavy (non-hydrogen) atoms. The van der Waals surface area contributed by atoms with Gasteiger partial charge < -0.3 is 9.84 Å². The summed E-state index contributed by atoms with van der Waals surface area (Å²) in [6.07, 6.45) is 8.51. The Bertz CT molecular complexity index is 2040. The zero-order valence-electron chi connectivity index (χ0n) is 34.9. The van der Waals surface area contributed by atoms with Crippen molar-refractivity contribution in [3.05, 3.63) is 56.9 Å². The molecule has 0 aromatic carbocycles. The number of allylic oxidation sites excluding steroid dienone is 2. The lowest BCUT2D eigenvalue weighted by Gasteiger charge is -2.72. The van der Waals surface area contributed by atoms with Crippen molar-refractivity contribution in [3.63, 3.8) is 0 Å². The van der Waals surface area contributed by atoms with Crippen molar-refractivity contribution in [1.29, 1.82) is 0 Å². The first kappa shape index (κ1) is 39.7. The molecule has 2 aromatic heterocycles. The quantitative estimate of drug-likeness (QED) is 0.281. The summed E-state index contributed by atoms with van der Waals surface area (Å²) < 4.78 is 23.5. The van der Waals surface area contributed by atoms with Crippen molar-refractivity contribution in [1.82, 2.24) is 14.3 Å². The summed E-state index contributed by atoms with van der Waals surface area (Å²) in [5.74, 6) is -0.377. The van der Waals surface area contributed by atoms with Gasteiger partial charge in [-0.1, -0.05) is 48.5 Å². The second-order valence-electron chi connectivity index (χ2n) is 20.4. The average molecular weight is 760 g/mol. The number of esters is 1. The van der Waals surface area contributed by atoms with Gasteiger partial charge in [-0.2, -0.15) is 4.68 Å². The maximum atomic E-state index is 14.4. The fourth-order valence-corrected chi connectivity index (χ4v) is 13.9. The van der Waals surface area contributed by atoms with Crippen molar-refractivity contribution < 1.29 is 28.6 Å². The third-order valence-electron chi connectivity index (χ3n) is 16.7. The van der Waals surface area contributed by atoms with E-state index in [-0.39, 0.29) is 57.4 Å². The normalized spacial score (nSPS) is 35.5. The number of aliphatic carboxylic acids is 1. The summed E-state index contributed by atoms with van der Waals surface area (Å²) in [6.45, 7) is 21.3. The van der Waals surface area contributed by atoms with E-state index in [0.717, 1.165) is 68.8 Å². The molecular formula is C45H62FN3O6. The van der Waals surface area contributed by atoms with Gasteiger partial charge in [0.1, 0.15) is 11.9 Å². The number of ketones is 1. The van der Waals surface area contributed by atoms with E-state index in [9.17, 15) is 28.7 Å². The molecule has 4 saturated carbocycles. The number of carbonyl (C=O) groups is 3. The van der Waals surface area contributed by atoms with Gasteiger partial charge in [-0.3, -0.25) is 23.9 Å². The van der Waals surface area contributed by atoms with Crippen LogP contribution >= 0.6 is 0 Å². The molecule has 0 aliphatic heterocycles. The molecule has 0 amide bonds. The first-order valence-electron chi connectivity index (χ1n) is 20.6. The number of fused-ring (bicyclic) bond motifs is 7. The maximum Gasteiger partial charge on any atom is 0.309 e. The molecule has 9 nitrogen and oxygen atoms in total. The molecule has 5 aliphatic carbocycles. The second-order valence-corrected chi connectivity index (χ2v) is 20.4. The van der Waals surface area contributed by atoms with Gasteiger partial charge in [-0.05, 0) is 135 Å². The number of carboxylic acids is 1. The Morgan fingerprint density at radius 1 is 0.982 bits per heavy atom. The van der Waals surface area contributed by atoms with Crippen LogP contribution in [0.2, 0.25) is 0 Å². The first-order chi connectivity index (χ1) is 25.5. The molecule has 0 spiro atoms. The number of Topliss-reactive ketones (excluding diaryl/α,β-unsaturated/α-hetero) is 1. The lowest BCUT2D eigenvalue weighted by molar-refractivity contribution is -0.232. The molecule has 2 aromatic rings. The predicted octanol–water partition coefficient (Wildman–Crippen LogP) is 8.66. The highest BCUT2D eigenvalue weighted by Gasteiger charge is 2.70. The number of nitrogens with zero attached hydrogens (tertiary/aromatic N) is 3. The number of hydrogen-bond donors (Lipinski definition) is 1. The fraction of sp³-hybridized carbons (Fsp3) is 0.711. The zero-order valence-corrected chi connectivity index (χ0v) is 34.9. The molecule has 7 rings (SSSR count). The van der Waals surface area contributed by atoms with Crippen molar-refractivity contribution in [3.8, 4) is 5.82 Å². The van der Waals surface area contributed by atoms with Gasteiger partial charge in [0.2, 0.25) is 0 Å². The minimum Gasteiger partial charge on any atom is -0.481 e. The standard InChI is InChI=1S/C45H62FN3O6/c1-25(2)35-29(50)22-45(37-26(3)38(52)49(48(37)11)33-15-12-27(46)24-47-33)21-20-43(9)28(36(35)45)13-14-31-42(8)18-17-32(55-34(51)23-40(4,5)39(53)54)41(6,7)30(42)16-19-44(31,43)10/h12,15,24-25,28,30-32H,13-14,16-23H2,1-11H3,(H,53,54)/t28-,30+,31-,32+,42+,43-,44-,45-/m1/s1. The largest absolute Gasteiger partial charge is 0.481 e. The summed E-state index contributed by atoms with van der Waals surface area (Å²) in [5, 5.41) is 9.63. The molecule has 2 heterocycles. The van der Waals surface area contributed by atoms with Crippen LogP contribution in [0.1, 0.15) is 138 Å². The molecule has 10 heteroatoms. The van der Waals surface area contributed by atoms with E-state index in [1.54, 1.807) is 13.8 Å². The summed E-state index contributed by atoms with van der Waals surface area (Å²) >= 11 is 0. The van der Waals surface area contributed by atoms with E-state index in [1.165, 1.54) is 22.4 Å². The smallest absolute Gasteiger partial charge is 0.309 e. The van der Waals surface area contributed by atoms with Gasteiger partial charge >= 0.3 is 11.9 Å². The topological polar surface area (TPSA) is 120 Å². The third kappa shape index (κ3) is 5.44. The molecule has 8 atom stereocenters. The Balaban J connectivity index is 1.26. The molecule has 0 radical (unpaired) electrons. The highest BCUT2D eigenvalue weighted by atomic mass is 19.1. The Labute approximate surface area is 325 Å². The lowest BCUT2D eigenvalue weighted by Crippen LogP contribution is -2.66. The van der Waals surface area contributed by atoms with Gasteiger partial charge in [0.15, 0.2) is 11.6 Å². The Morgan fingerprint density at radius 2 is 1.67 bits per heavy atom. The van der Waals surface area contributed by atoms with Crippen LogP contribution in [0.5, 0.6) is 0 Å². The third-order valence-corrected chi connectivity index (χ3v) is 16.7. The Kier molecular flexibility index (Phi) is 9.18. The Hall–Kier alpha value is -3.56. The molecule has 4 fully saturated rings. The van der Waals surface area contributed by atoms with Crippen LogP contribution in [0, 0.1) is 63.5 Å². The molecule has 5 aliphatic rings. The number of halogens is 1. The SMILES string of the molecule is Cc1c([C@@]23CC[C@]4(C)[C@H](CC[C@@H]5[C@@]6(C)CC[C@H](OC(=O)CC(C)(C)C(=O)O)C(C)(C)[C@@H]6CC[C@]54C)C2=C(C(C)C)C(=O)C3)n(C)n(-c2ccc(F)cn2)c1=O. The van der Waals surface area contributed by atoms with Crippen molar-refractivity contribution >= 4 is 17.7 Å². The van der Waals surface area contributed by atoms with E-state index in [2.05, 4.69) is 53.5 Å². The van der Waals surface area contributed by atoms with Crippen LogP contribution in [0.3, 0.4) is 0 Å². The van der Waals surface area contributed by atoms with Gasteiger partial charge in [0.05, 0.1) is 23.7 Å². The number of pyridine rings is 1. The number of aromatic nitrogens is 3. The number of ether oxygens (including phenoxy) is 1. The molecule has 0 saturated heterocycles. The predicted molar refractivity (Wildman–Crippen MR) is 208 cm³/mol. The molecule has 300 valence electrons. The molecule has 1 N–H and O–H groups in total. The van der Waals surface area contributed by atoms with E-state index in [4.69, 9.17) is 4.74 Å². The van der Waals surface area contributed by atoms with Gasteiger partial charge in [-0.25, -0.2) is 9.37 Å². The summed E-state index contributed by atoms with van der Waals surface area (Å²) in [4.78, 5) is 57.6. The van der Waals surface area contributed by atoms with Crippen molar-refractivity contribution in [2.24, 2.45) is 57.8 Å². The molecule has 0 unspecified atom stereocenters. The van der Waals surface area contributed by atoms with Gasteiger partial charge in [0.25, 0.3) is 5.56 Å². The van der Waals surface area contributed by atoms with Gasteiger partial charge in [0, 0.05) is 29.9 Å². The van der Waals surface area contributed by atoms with Crippen LogP contribution in [-0.2, 0) is 31.6 Å². The number of carbonyl (C=O) groups excluding carboxylic acids is 2. The van der Waals surface area contributed by atoms with Crippen LogP contribution < -0.4 is 5.56 Å². The van der Waals surface area contributed by atoms with E-state index >= 15 is 0 Å². The number of rotatable bonds is 7. The van der Waals surface area contributed by atoms with Crippen molar-refractivity contribution in [2.75, 3.05) is 0 Å². The van der Waals surface area contributed by atoms with E-state index < -0.39 is 28.6 Å². The van der Waals surface area contributed by atoms with Gasteiger partial charge in [-0.15, -0.1) is 0 Å². The average Bonchev–Trinajstić information content (AvgIpc) is 3.51. The maximum absolute atomic E-state index is 14.4. The lowest BCUT2D eigenvalue weighted by atomic mass is 9.33. The first-order valence-corrected chi connectivity index (χ1v) is 20.6. The van der Waals surface area contributed by atoms with Crippen LogP contribution in [0.25, 0.3) is 5.82 Å². The summed E-state index contributed by atoms with van der Waals surface area (Å²) in [6, 6.07) is 2.85. The van der Waals surface area contributed by atoms with E-state index in [0.29, 0.717) is 29.6 Å².